The van der Waals surface area contributed by atoms with Crippen LogP contribution < -0.4 is 5.32 Å². The van der Waals surface area contributed by atoms with Gasteiger partial charge in [-0.25, -0.2) is 22.2 Å². The Bertz CT molecular complexity index is 985. The first kappa shape index (κ1) is 18.0. The number of hydrogen-bond acceptors (Lipinski definition) is 5. The molecule has 0 aliphatic carbocycles. The van der Waals surface area contributed by atoms with E-state index in [0.717, 1.165) is 6.07 Å². The Morgan fingerprint density at radius 2 is 1.96 bits per heavy atom. The lowest BCUT2D eigenvalue weighted by Crippen LogP contribution is -2.14. The molecule has 2 heterocycles. The van der Waals surface area contributed by atoms with E-state index in [0.29, 0.717) is 23.1 Å². The van der Waals surface area contributed by atoms with Crippen LogP contribution in [0.1, 0.15) is 33.2 Å². The Balaban J connectivity index is 1.93. The van der Waals surface area contributed by atoms with Crippen molar-refractivity contribution in [1.82, 2.24) is 20.0 Å². The molecule has 3 aromatic rings. The van der Waals surface area contributed by atoms with Gasteiger partial charge in [0.2, 0.25) is 5.13 Å². The number of nitrogens with one attached hydrogen (secondary N) is 1. The number of aryl methyl sites for hydroxylation is 1. The summed E-state index contributed by atoms with van der Waals surface area (Å²) in [6, 6.07) is 2.98. The third-order valence-electron chi connectivity index (χ3n) is 3.50. The van der Waals surface area contributed by atoms with E-state index in [1.165, 1.54) is 24.6 Å². The van der Waals surface area contributed by atoms with E-state index in [1.54, 1.807) is 0 Å². The van der Waals surface area contributed by atoms with E-state index in [2.05, 4.69) is 20.6 Å². The molecule has 136 valence electrons. The molecule has 3 rings (SSSR count). The lowest BCUT2D eigenvalue weighted by atomic mass is 10.2. The Hall–Kier alpha value is -2.82. The third-order valence-corrected chi connectivity index (χ3v) is 4.35. The number of alkyl halides is 2. The Morgan fingerprint density at radius 3 is 2.58 bits per heavy atom. The van der Waals surface area contributed by atoms with Crippen LogP contribution in [0.2, 0.25) is 0 Å². The number of carbonyl (C=O) groups is 1. The first-order valence-electron chi connectivity index (χ1n) is 7.22. The van der Waals surface area contributed by atoms with Gasteiger partial charge in [-0.2, -0.15) is 5.10 Å². The lowest BCUT2D eigenvalue weighted by Gasteiger charge is -2.06. The van der Waals surface area contributed by atoms with Crippen LogP contribution in [0, 0.1) is 25.5 Å². The number of halogens is 4. The second-order valence-corrected chi connectivity index (χ2v) is 6.26. The summed E-state index contributed by atoms with van der Waals surface area (Å²) in [5.41, 5.74) is 0.677. The van der Waals surface area contributed by atoms with Crippen molar-refractivity contribution in [2.45, 2.75) is 20.3 Å². The van der Waals surface area contributed by atoms with Crippen molar-refractivity contribution in [3.8, 4) is 5.69 Å². The molecule has 0 saturated carbocycles. The van der Waals surface area contributed by atoms with Crippen molar-refractivity contribution < 1.29 is 22.4 Å². The van der Waals surface area contributed by atoms with Gasteiger partial charge in [-0.1, -0.05) is 11.3 Å². The number of amides is 1. The van der Waals surface area contributed by atoms with Crippen LogP contribution in [-0.2, 0) is 0 Å². The molecule has 1 N–H and O–H groups in total. The molecule has 26 heavy (non-hydrogen) atoms. The second kappa shape index (κ2) is 6.83. The minimum atomic E-state index is -2.79. The quantitative estimate of drug-likeness (QED) is 0.694. The molecule has 0 spiro atoms. The number of anilines is 1. The smallest absolute Gasteiger partial charge is 0.291 e. The third kappa shape index (κ3) is 3.29. The minimum absolute atomic E-state index is 0.0260. The molecule has 0 atom stereocenters. The average molecular weight is 385 g/mol. The summed E-state index contributed by atoms with van der Waals surface area (Å²) in [5.74, 6) is -2.23. The molecule has 0 bridgehead atoms. The van der Waals surface area contributed by atoms with Crippen molar-refractivity contribution in [3.05, 3.63) is 51.8 Å². The number of aromatic nitrogens is 4. The van der Waals surface area contributed by atoms with Gasteiger partial charge in [-0.05, 0) is 26.0 Å². The number of benzene rings is 1. The number of rotatable bonds is 4. The summed E-state index contributed by atoms with van der Waals surface area (Å²) < 4.78 is 53.3. The maximum absolute atomic E-state index is 14.0. The van der Waals surface area contributed by atoms with Crippen molar-refractivity contribution in [1.29, 1.82) is 0 Å². The fourth-order valence-corrected chi connectivity index (χ4v) is 2.99. The highest BCUT2D eigenvalue weighted by molar-refractivity contribution is 7.15. The first-order valence-corrected chi connectivity index (χ1v) is 8.04. The van der Waals surface area contributed by atoms with E-state index in [4.69, 9.17) is 0 Å². The van der Waals surface area contributed by atoms with Crippen LogP contribution >= 0.6 is 11.3 Å². The summed E-state index contributed by atoms with van der Waals surface area (Å²) in [6.45, 7) is 3.06. The van der Waals surface area contributed by atoms with E-state index >= 15 is 0 Å². The predicted octanol–water partition coefficient (Wildman–Crippen LogP) is 3.81. The Morgan fingerprint density at radius 1 is 1.23 bits per heavy atom. The zero-order valence-corrected chi connectivity index (χ0v) is 14.2. The van der Waals surface area contributed by atoms with Gasteiger partial charge in [-0.3, -0.25) is 10.1 Å². The Kier molecular flexibility index (Phi) is 4.72. The summed E-state index contributed by atoms with van der Waals surface area (Å²) >= 11 is 0.550. The Labute approximate surface area is 148 Å². The van der Waals surface area contributed by atoms with Gasteiger partial charge in [-0.15, -0.1) is 10.2 Å². The second-order valence-electron chi connectivity index (χ2n) is 5.25. The maximum Gasteiger partial charge on any atom is 0.291 e. The highest BCUT2D eigenvalue weighted by atomic mass is 32.1. The monoisotopic (exact) mass is 385 g/mol. The number of nitrogens with zero attached hydrogens (tertiary/aromatic N) is 4. The molecule has 0 fully saturated rings. The molecule has 0 aliphatic heterocycles. The van der Waals surface area contributed by atoms with E-state index in [1.807, 2.05) is 0 Å². The van der Waals surface area contributed by atoms with Gasteiger partial charge < -0.3 is 0 Å². The van der Waals surface area contributed by atoms with Crippen molar-refractivity contribution >= 4 is 22.4 Å². The molecule has 1 amide bonds. The van der Waals surface area contributed by atoms with Crippen LogP contribution in [0.3, 0.4) is 0 Å². The zero-order chi connectivity index (χ0) is 19.0. The topological polar surface area (TPSA) is 72.7 Å². The molecular weight excluding hydrogens is 374 g/mol. The highest BCUT2D eigenvalue weighted by Gasteiger charge is 2.23. The lowest BCUT2D eigenvalue weighted by molar-refractivity contribution is 0.102. The maximum atomic E-state index is 14.0. The standard InChI is InChI=1S/C15H11F4N5OS/c1-6-11(13(25)20-15-22-21-14(26-15)12(18)19)7(2)24(23-6)10-4-3-8(16)5-9(10)17/h3-5,12H,1-2H3,(H,20,22,25). The summed E-state index contributed by atoms with van der Waals surface area (Å²) in [7, 11) is 0. The van der Waals surface area contributed by atoms with Gasteiger partial charge in [0, 0.05) is 6.07 Å². The number of carbonyl (C=O) groups excluding carboxylic acids is 1. The molecule has 0 unspecified atom stereocenters. The van der Waals surface area contributed by atoms with Gasteiger partial charge in [0.05, 0.1) is 17.0 Å². The van der Waals surface area contributed by atoms with Crippen LogP contribution in [-0.4, -0.2) is 25.9 Å². The normalized spacial score (nSPS) is 11.2. The summed E-state index contributed by atoms with van der Waals surface area (Å²) in [4.78, 5) is 12.5. The molecule has 11 heteroatoms. The molecule has 0 radical (unpaired) electrons. The van der Waals surface area contributed by atoms with Crippen molar-refractivity contribution in [2.75, 3.05) is 5.32 Å². The van der Waals surface area contributed by atoms with E-state index in [-0.39, 0.29) is 22.1 Å². The highest BCUT2D eigenvalue weighted by Crippen LogP contribution is 2.26. The first-order chi connectivity index (χ1) is 12.3. The van der Waals surface area contributed by atoms with Gasteiger partial charge in [0.1, 0.15) is 11.5 Å². The van der Waals surface area contributed by atoms with Crippen LogP contribution in [0.25, 0.3) is 5.69 Å². The van der Waals surface area contributed by atoms with Crippen LogP contribution in [0.5, 0.6) is 0 Å². The van der Waals surface area contributed by atoms with Crippen molar-refractivity contribution in [3.63, 3.8) is 0 Å². The SMILES string of the molecule is Cc1nn(-c2ccc(F)cc2F)c(C)c1C(=O)Nc1nnc(C(F)F)s1. The molecule has 1 aromatic carbocycles. The summed E-state index contributed by atoms with van der Waals surface area (Å²) in [6.07, 6.45) is -2.79. The predicted molar refractivity (Wildman–Crippen MR) is 85.8 cm³/mol. The molecule has 0 aliphatic rings. The average Bonchev–Trinajstić information content (AvgIpc) is 3.12. The van der Waals surface area contributed by atoms with E-state index in [9.17, 15) is 22.4 Å². The van der Waals surface area contributed by atoms with Crippen LogP contribution in [0.4, 0.5) is 22.7 Å². The van der Waals surface area contributed by atoms with Crippen LogP contribution in [0.15, 0.2) is 18.2 Å². The zero-order valence-electron chi connectivity index (χ0n) is 13.4. The van der Waals surface area contributed by atoms with Gasteiger partial charge >= 0.3 is 0 Å². The van der Waals surface area contributed by atoms with E-state index < -0.39 is 29.0 Å². The summed E-state index contributed by atoms with van der Waals surface area (Å²) in [5, 5.41) is 12.6. The minimum Gasteiger partial charge on any atom is -0.296 e. The van der Waals surface area contributed by atoms with Gasteiger partial charge in [0.25, 0.3) is 12.3 Å². The molecular formula is C15H11F4N5OS. The van der Waals surface area contributed by atoms with Crippen molar-refractivity contribution in [2.24, 2.45) is 0 Å². The largest absolute Gasteiger partial charge is 0.296 e. The molecule has 2 aromatic heterocycles. The number of hydrogen-bond donors (Lipinski definition) is 1. The molecule has 0 saturated heterocycles. The fraction of sp³-hybridized carbons (Fsp3) is 0.200. The molecule has 6 nitrogen and oxygen atoms in total. The fourth-order valence-electron chi connectivity index (χ4n) is 2.39. The van der Waals surface area contributed by atoms with Gasteiger partial charge in [0.15, 0.2) is 10.8 Å².